The Morgan fingerprint density at radius 3 is 2.88 bits per heavy atom. The highest BCUT2D eigenvalue weighted by Gasteiger charge is 1.95. The fourth-order valence-corrected chi connectivity index (χ4v) is 1.60. The molecule has 1 aromatic heterocycles. The van der Waals surface area contributed by atoms with Gasteiger partial charge in [0.2, 0.25) is 0 Å². The highest BCUT2D eigenvalue weighted by molar-refractivity contribution is 4.94. The maximum atomic E-state index is 5.55. The normalized spacial score (nSPS) is 9.94. The van der Waals surface area contributed by atoms with Gasteiger partial charge < -0.3 is 9.72 Å². The molecule has 0 aliphatic rings. The Labute approximate surface area is 104 Å². The van der Waals surface area contributed by atoms with E-state index < -0.39 is 0 Å². The molecule has 17 heavy (non-hydrogen) atoms. The third-order valence-corrected chi connectivity index (χ3v) is 2.57. The van der Waals surface area contributed by atoms with Crippen molar-refractivity contribution >= 4 is 0 Å². The minimum Gasteiger partial charge on any atom is -0.381 e. The predicted octanol–water partition coefficient (Wildman–Crippen LogP) is 2.94. The number of aromatic nitrogens is 2. The van der Waals surface area contributed by atoms with E-state index in [1.165, 1.54) is 19.3 Å². The fourth-order valence-electron chi connectivity index (χ4n) is 1.60. The molecule has 3 nitrogen and oxygen atoms in total. The first-order valence-corrected chi connectivity index (χ1v) is 6.38. The summed E-state index contributed by atoms with van der Waals surface area (Å²) in [7, 11) is 0. The summed E-state index contributed by atoms with van der Waals surface area (Å²) in [5.74, 6) is 6.00. The predicted molar refractivity (Wildman–Crippen MR) is 69.6 cm³/mol. The number of rotatable bonds is 9. The highest BCUT2D eigenvalue weighted by Crippen LogP contribution is 2.02. The van der Waals surface area contributed by atoms with E-state index in [2.05, 4.69) is 21.8 Å². The van der Waals surface area contributed by atoms with E-state index in [0.717, 1.165) is 38.2 Å². The van der Waals surface area contributed by atoms with Crippen LogP contribution in [-0.4, -0.2) is 23.2 Å². The van der Waals surface area contributed by atoms with Crippen molar-refractivity contribution in [2.75, 3.05) is 13.2 Å². The fraction of sp³-hybridized carbons (Fsp3) is 0.643. The molecule has 94 valence electrons. The number of unbranched alkanes of at least 4 members (excludes halogenated alkanes) is 4. The van der Waals surface area contributed by atoms with Crippen LogP contribution in [0.3, 0.4) is 0 Å². The van der Waals surface area contributed by atoms with E-state index in [1.54, 1.807) is 6.33 Å². The first-order valence-electron chi connectivity index (χ1n) is 6.38. The molecule has 1 aromatic rings. The zero-order chi connectivity index (χ0) is 12.2. The Morgan fingerprint density at radius 1 is 1.24 bits per heavy atom. The first kappa shape index (κ1) is 13.8. The van der Waals surface area contributed by atoms with E-state index in [1.807, 2.05) is 13.1 Å². The summed E-state index contributed by atoms with van der Waals surface area (Å²) >= 11 is 0. The zero-order valence-electron chi connectivity index (χ0n) is 10.7. The minimum absolute atomic E-state index is 0.770. The third-order valence-electron chi connectivity index (χ3n) is 2.57. The summed E-state index contributed by atoms with van der Waals surface area (Å²) < 4.78 is 5.55. The van der Waals surface area contributed by atoms with Gasteiger partial charge in [0, 0.05) is 25.6 Å². The number of aromatic amines is 1. The van der Waals surface area contributed by atoms with Crippen molar-refractivity contribution in [2.24, 2.45) is 0 Å². The van der Waals surface area contributed by atoms with Gasteiger partial charge in [-0.05, 0) is 19.8 Å². The number of H-pyrrole nitrogens is 1. The van der Waals surface area contributed by atoms with Crippen molar-refractivity contribution in [1.82, 2.24) is 9.97 Å². The van der Waals surface area contributed by atoms with Gasteiger partial charge in [0.05, 0.1) is 18.6 Å². The molecule has 0 atom stereocenters. The lowest BCUT2D eigenvalue weighted by atomic mass is 10.1. The lowest BCUT2D eigenvalue weighted by Crippen LogP contribution is -2.00. The Bertz CT molecular complexity index is 322. The smallest absolute Gasteiger partial charge is 0.0923 e. The van der Waals surface area contributed by atoms with E-state index in [9.17, 15) is 0 Å². The van der Waals surface area contributed by atoms with Gasteiger partial charge in [0.15, 0.2) is 0 Å². The molecule has 0 saturated heterocycles. The van der Waals surface area contributed by atoms with Crippen LogP contribution in [-0.2, 0) is 11.2 Å². The van der Waals surface area contributed by atoms with Crippen LogP contribution in [0.25, 0.3) is 0 Å². The summed E-state index contributed by atoms with van der Waals surface area (Å²) in [5, 5.41) is 0. The standard InChI is InChI=1S/C14H22N2O/c1-2-3-4-5-6-7-8-10-17-11-9-14-12-15-13-16-14/h12-13H,4-11H2,1H3,(H,15,16). The average molecular weight is 234 g/mol. The summed E-state index contributed by atoms with van der Waals surface area (Å²) in [6, 6.07) is 0. The van der Waals surface area contributed by atoms with Gasteiger partial charge >= 0.3 is 0 Å². The third kappa shape index (κ3) is 7.59. The van der Waals surface area contributed by atoms with Gasteiger partial charge in [-0.1, -0.05) is 12.8 Å². The zero-order valence-corrected chi connectivity index (χ0v) is 10.7. The average Bonchev–Trinajstić information content (AvgIpc) is 2.85. The van der Waals surface area contributed by atoms with E-state index >= 15 is 0 Å². The molecule has 3 heteroatoms. The largest absolute Gasteiger partial charge is 0.381 e. The monoisotopic (exact) mass is 234 g/mol. The van der Waals surface area contributed by atoms with Crippen LogP contribution < -0.4 is 0 Å². The Morgan fingerprint density at radius 2 is 2.12 bits per heavy atom. The molecule has 0 aliphatic carbocycles. The van der Waals surface area contributed by atoms with Crippen LogP contribution in [0, 0.1) is 11.8 Å². The number of hydrogen-bond donors (Lipinski definition) is 1. The van der Waals surface area contributed by atoms with Crippen LogP contribution in [0.2, 0.25) is 0 Å². The molecule has 0 spiro atoms. The summed E-state index contributed by atoms with van der Waals surface area (Å²) in [6.07, 6.45) is 10.4. The maximum absolute atomic E-state index is 5.55. The molecular weight excluding hydrogens is 212 g/mol. The Hall–Kier alpha value is -1.27. The molecule has 0 aliphatic heterocycles. The molecule has 0 bridgehead atoms. The number of nitrogens with zero attached hydrogens (tertiary/aromatic N) is 1. The van der Waals surface area contributed by atoms with Gasteiger partial charge in [-0.25, -0.2) is 4.98 Å². The van der Waals surface area contributed by atoms with Gasteiger partial charge in [0.25, 0.3) is 0 Å². The Kier molecular flexibility index (Phi) is 8.05. The number of hydrogen-bond acceptors (Lipinski definition) is 2. The van der Waals surface area contributed by atoms with Gasteiger partial charge in [-0.15, -0.1) is 11.8 Å². The quantitative estimate of drug-likeness (QED) is 0.527. The molecule has 0 unspecified atom stereocenters. The lowest BCUT2D eigenvalue weighted by molar-refractivity contribution is 0.132. The van der Waals surface area contributed by atoms with Crippen molar-refractivity contribution in [3.05, 3.63) is 18.2 Å². The summed E-state index contributed by atoms with van der Waals surface area (Å²) in [4.78, 5) is 7.08. The molecular formula is C14H22N2O. The number of ether oxygens (including phenoxy) is 1. The maximum Gasteiger partial charge on any atom is 0.0923 e. The van der Waals surface area contributed by atoms with Gasteiger partial charge in [-0.2, -0.15) is 0 Å². The molecule has 1 heterocycles. The Balaban J connectivity index is 1.79. The summed E-state index contributed by atoms with van der Waals surface area (Å²) in [6.45, 7) is 3.53. The van der Waals surface area contributed by atoms with E-state index in [4.69, 9.17) is 4.74 Å². The molecule has 0 fully saturated rings. The van der Waals surface area contributed by atoms with Crippen LogP contribution in [0.15, 0.2) is 12.5 Å². The first-order chi connectivity index (χ1) is 8.43. The van der Waals surface area contributed by atoms with Crippen LogP contribution >= 0.6 is 0 Å². The number of nitrogens with one attached hydrogen (secondary N) is 1. The van der Waals surface area contributed by atoms with Crippen molar-refractivity contribution in [3.63, 3.8) is 0 Å². The SMILES string of the molecule is CC#CCCCCCCOCCc1c[nH]cn1. The molecule has 0 amide bonds. The lowest BCUT2D eigenvalue weighted by Gasteiger charge is -2.02. The second-order valence-corrected chi connectivity index (χ2v) is 4.01. The minimum atomic E-state index is 0.770. The van der Waals surface area contributed by atoms with Crippen LogP contribution in [0.4, 0.5) is 0 Å². The van der Waals surface area contributed by atoms with Crippen molar-refractivity contribution < 1.29 is 4.74 Å². The van der Waals surface area contributed by atoms with E-state index in [-0.39, 0.29) is 0 Å². The van der Waals surface area contributed by atoms with Crippen LogP contribution in [0.1, 0.15) is 44.7 Å². The number of imidazole rings is 1. The summed E-state index contributed by atoms with van der Waals surface area (Å²) in [5.41, 5.74) is 1.07. The second kappa shape index (κ2) is 9.92. The molecule has 0 aromatic carbocycles. The molecule has 0 radical (unpaired) electrons. The van der Waals surface area contributed by atoms with Crippen molar-refractivity contribution in [2.45, 2.75) is 45.4 Å². The highest BCUT2D eigenvalue weighted by atomic mass is 16.5. The molecule has 1 rings (SSSR count). The van der Waals surface area contributed by atoms with Crippen molar-refractivity contribution in [1.29, 1.82) is 0 Å². The molecule has 0 saturated carbocycles. The van der Waals surface area contributed by atoms with Crippen molar-refractivity contribution in [3.8, 4) is 11.8 Å². The molecule has 1 N–H and O–H groups in total. The van der Waals surface area contributed by atoms with Gasteiger partial charge in [-0.3, -0.25) is 0 Å². The van der Waals surface area contributed by atoms with E-state index in [0.29, 0.717) is 0 Å². The van der Waals surface area contributed by atoms with Gasteiger partial charge in [0.1, 0.15) is 0 Å². The van der Waals surface area contributed by atoms with Crippen LogP contribution in [0.5, 0.6) is 0 Å². The second-order valence-electron chi connectivity index (χ2n) is 4.01. The topological polar surface area (TPSA) is 37.9 Å².